The Bertz CT molecular complexity index is 1150. The molecule has 1 aliphatic heterocycles. The Labute approximate surface area is 185 Å². The lowest BCUT2D eigenvalue weighted by atomic mass is 10.1. The molecule has 0 spiro atoms. The van der Waals surface area contributed by atoms with Crippen molar-refractivity contribution < 1.29 is 17.9 Å². The van der Waals surface area contributed by atoms with Crippen molar-refractivity contribution in [2.75, 3.05) is 13.3 Å². The third kappa shape index (κ3) is 4.57. The van der Waals surface area contributed by atoms with Crippen molar-refractivity contribution in [3.05, 3.63) is 87.9 Å². The molecule has 0 saturated heterocycles. The van der Waals surface area contributed by atoms with Crippen molar-refractivity contribution in [3.63, 3.8) is 0 Å². The third-order valence-corrected chi connectivity index (χ3v) is 7.27. The maximum Gasteiger partial charge on any atom is 0.243 e. The molecule has 1 heterocycles. The first-order chi connectivity index (χ1) is 14.4. The predicted octanol–water partition coefficient (Wildman–Crippen LogP) is 5.16. The lowest BCUT2D eigenvalue weighted by Crippen LogP contribution is -2.32. The van der Waals surface area contributed by atoms with Gasteiger partial charge in [0, 0.05) is 23.1 Å². The van der Waals surface area contributed by atoms with Crippen LogP contribution in [-0.4, -0.2) is 26.1 Å². The monoisotopic (exact) mass is 463 g/mol. The highest BCUT2D eigenvalue weighted by Crippen LogP contribution is 2.33. The summed E-state index contributed by atoms with van der Waals surface area (Å²) in [6.07, 6.45) is 0.451. The molecule has 0 bridgehead atoms. The lowest BCUT2D eigenvalue weighted by Gasteiger charge is -2.23. The van der Waals surface area contributed by atoms with Crippen LogP contribution in [0.2, 0.25) is 10.0 Å². The second-order valence-electron chi connectivity index (χ2n) is 6.82. The van der Waals surface area contributed by atoms with Crippen LogP contribution in [0.25, 0.3) is 0 Å². The van der Waals surface area contributed by atoms with E-state index in [-0.39, 0.29) is 24.8 Å². The number of halogens is 2. The Kier molecular flexibility index (Phi) is 6.20. The highest BCUT2D eigenvalue weighted by atomic mass is 35.5. The van der Waals surface area contributed by atoms with Crippen molar-refractivity contribution in [2.45, 2.75) is 17.9 Å². The minimum Gasteiger partial charge on any atom is -0.454 e. The number of rotatable bonds is 7. The standard InChI is InChI=1S/C22H19Cl2NO4S/c23-18-8-7-17(20(24)13-18)10-11-25(30(26,27)19-4-2-1-3-5-19)14-16-6-9-21-22(12-16)29-15-28-21/h1-9,12-13H,10-11,14-15H2. The van der Waals surface area contributed by atoms with Crippen molar-refractivity contribution in [3.8, 4) is 11.5 Å². The smallest absolute Gasteiger partial charge is 0.243 e. The zero-order chi connectivity index (χ0) is 21.1. The Balaban J connectivity index is 1.62. The molecule has 156 valence electrons. The second-order valence-corrected chi connectivity index (χ2v) is 9.61. The summed E-state index contributed by atoms with van der Waals surface area (Å²) in [5, 5.41) is 1.06. The average Bonchev–Trinajstić information content (AvgIpc) is 3.20. The van der Waals surface area contributed by atoms with Gasteiger partial charge < -0.3 is 9.47 Å². The molecule has 0 N–H and O–H groups in total. The summed E-state index contributed by atoms with van der Waals surface area (Å²) in [4.78, 5) is 0.243. The minimum absolute atomic E-state index is 0.167. The summed E-state index contributed by atoms with van der Waals surface area (Å²) in [5.41, 5.74) is 1.64. The molecule has 8 heteroatoms. The molecule has 3 aromatic carbocycles. The quantitative estimate of drug-likeness (QED) is 0.485. The molecule has 0 radical (unpaired) electrons. The molecule has 30 heavy (non-hydrogen) atoms. The van der Waals surface area contributed by atoms with Gasteiger partial charge in [0.2, 0.25) is 16.8 Å². The van der Waals surface area contributed by atoms with Crippen LogP contribution in [0, 0.1) is 0 Å². The molecular weight excluding hydrogens is 445 g/mol. The van der Waals surface area contributed by atoms with Gasteiger partial charge in [0.05, 0.1) is 4.90 Å². The zero-order valence-corrected chi connectivity index (χ0v) is 18.3. The van der Waals surface area contributed by atoms with Gasteiger partial charge in [-0.25, -0.2) is 8.42 Å². The SMILES string of the molecule is O=S(=O)(c1ccccc1)N(CCc1ccc(Cl)cc1Cl)Cc1ccc2c(c1)OCO2. The van der Waals surface area contributed by atoms with E-state index in [0.717, 1.165) is 11.1 Å². The van der Waals surface area contributed by atoms with Gasteiger partial charge in [0.25, 0.3) is 0 Å². The highest BCUT2D eigenvalue weighted by molar-refractivity contribution is 7.89. The van der Waals surface area contributed by atoms with Crippen molar-refractivity contribution in [1.82, 2.24) is 4.31 Å². The Morgan fingerprint density at radius 1 is 0.900 bits per heavy atom. The number of fused-ring (bicyclic) bond motifs is 1. The zero-order valence-electron chi connectivity index (χ0n) is 15.9. The summed E-state index contributed by atoms with van der Waals surface area (Å²) in [6, 6.07) is 19.1. The molecule has 0 unspecified atom stereocenters. The summed E-state index contributed by atoms with van der Waals surface area (Å²) >= 11 is 12.3. The molecule has 0 aromatic heterocycles. The fourth-order valence-corrected chi connectivity index (χ4v) is 5.19. The first-order valence-corrected chi connectivity index (χ1v) is 11.5. The first-order valence-electron chi connectivity index (χ1n) is 9.31. The topological polar surface area (TPSA) is 55.8 Å². The fraction of sp³-hybridized carbons (Fsp3) is 0.182. The molecule has 0 fully saturated rings. The third-order valence-electron chi connectivity index (χ3n) is 4.82. The number of sulfonamides is 1. The number of hydrogen-bond acceptors (Lipinski definition) is 4. The Morgan fingerprint density at radius 3 is 2.43 bits per heavy atom. The number of hydrogen-bond donors (Lipinski definition) is 0. The van der Waals surface area contributed by atoms with Crippen molar-refractivity contribution in [2.24, 2.45) is 0 Å². The second kappa shape index (κ2) is 8.86. The largest absolute Gasteiger partial charge is 0.454 e. The summed E-state index contributed by atoms with van der Waals surface area (Å²) < 4.78 is 38.9. The van der Waals surface area contributed by atoms with Crippen LogP contribution in [0.4, 0.5) is 0 Å². The number of ether oxygens (including phenoxy) is 2. The van der Waals surface area contributed by atoms with Crippen LogP contribution in [0.3, 0.4) is 0 Å². The molecule has 0 saturated carbocycles. The molecule has 0 amide bonds. The van der Waals surface area contributed by atoms with E-state index >= 15 is 0 Å². The van der Waals surface area contributed by atoms with E-state index in [1.54, 1.807) is 48.5 Å². The van der Waals surface area contributed by atoms with Gasteiger partial charge in [-0.1, -0.05) is 53.5 Å². The van der Waals surface area contributed by atoms with Crippen LogP contribution >= 0.6 is 23.2 Å². The van der Waals surface area contributed by atoms with E-state index in [9.17, 15) is 8.42 Å². The first kappa shape index (κ1) is 21.0. The van der Waals surface area contributed by atoms with Gasteiger partial charge in [-0.05, 0) is 53.9 Å². The van der Waals surface area contributed by atoms with Crippen LogP contribution in [0.1, 0.15) is 11.1 Å². The van der Waals surface area contributed by atoms with E-state index < -0.39 is 10.0 Å². The molecule has 0 atom stereocenters. The number of benzene rings is 3. The summed E-state index contributed by atoms with van der Waals surface area (Å²) in [6.45, 7) is 0.617. The Hall–Kier alpha value is -2.25. The lowest BCUT2D eigenvalue weighted by molar-refractivity contribution is 0.174. The van der Waals surface area contributed by atoms with Crippen molar-refractivity contribution >= 4 is 33.2 Å². The highest BCUT2D eigenvalue weighted by Gasteiger charge is 2.25. The summed E-state index contributed by atoms with van der Waals surface area (Å²) in [5.74, 6) is 1.27. The summed E-state index contributed by atoms with van der Waals surface area (Å²) in [7, 11) is -3.71. The molecular formula is C22H19Cl2NO4S. The molecule has 4 rings (SSSR count). The molecule has 3 aromatic rings. The maximum absolute atomic E-state index is 13.3. The van der Waals surface area contributed by atoms with Gasteiger partial charge in [0.15, 0.2) is 11.5 Å². The van der Waals surface area contributed by atoms with Gasteiger partial charge in [-0.15, -0.1) is 0 Å². The van der Waals surface area contributed by atoms with Crippen LogP contribution in [0.15, 0.2) is 71.6 Å². The van der Waals surface area contributed by atoms with Crippen molar-refractivity contribution in [1.29, 1.82) is 0 Å². The van der Waals surface area contributed by atoms with Gasteiger partial charge in [-0.3, -0.25) is 0 Å². The fourth-order valence-electron chi connectivity index (χ4n) is 3.24. The Morgan fingerprint density at radius 2 is 1.67 bits per heavy atom. The van der Waals surface area contributed by atoms with E-state index in [1.807, 2.05) is 18.2 Å². The van der Waals surface area contributed by atoms with Crippen LogP contribution < -0.4 is 9.47 Å². The maximum atomic E-state index is 13.3. The minimum atomic E-state index is -3.71. The van der Waals surface area contributed by atoms with E-state index in [2.05, 4.69) is 0 Å². The molecule has 0 aliphatic carbocycles. The predicted molar refractivity (Wildman–Crippen MR) is 117 cm³/mol. The number of nitrogens with zero attached hydrogens (tertiary/aromatic N) is 1. The normalized spacial score (nSPS) is 13.0. The van der Waals surface area contributed by atoms with Crippen LogP contribution in [0.5, 0.6) is 11.5 Å². The average molecular weight is 464 g/mol. The molecule has 5 nitrogen and oxygen atoms in total. The van der Waals surface area contributed by atoms with Gasteiger partial charge >= 0.3 is 0 Å². The van der Waals surface area contributed by atoms with E-state index in [4.69, 9.17) is 32.7 Å². The van der Waals surface area contributed by atoms with E-state index in [1.165, 1.54) is 4.31 Å². The van der Waals surface area contributed by atoms with Crippen LogP contribution in [-0.2, 0) is 23.0 Å². The van der Waals surface area contributed by atoms with Gasteiger partial charge in [0.1, 0.15) is 0 Å². The molecule has 1 aliphatic rings. The van der Waals surface area contributed by atoms with Gasteiger partial charge in [-0.2, -0.15) is 4.31 Å². The van der Waals surface area contributed by atoms with E-state index in [0.29, 0.717) is 28.0 Å².